The SMILES string of the molecule is CC/C(N)=P\C. The van der Waals surface area contributed by atoms with E-state index in [9.17, 15) is 0 Å². The minimum absolute atomic E-state index is 1.01. The van der Waals surface area contributed by atoms with Gasteiger partial charge >= 0.3 is 0 Å². The van der Waals surface area contributed by atoms with Crippen LogP contribution < -0.4 is 5.73 Å². The molecule has 2 heteroatoms. The molecule has 0 aromatic carbocycles. The minimum atomic E-state index is 1.01. The summed E-state index contributed by atoms with van der Waals surface area (Å²) < 4.78 is 0. The van der Waals surface area contributed by atoms with Gasteiger partial charge in [0.2, 0.25) is 0 Å². The zero-order valence-corrected chi connectivity index (χ0v) is 5.13. The molecule has 36 valence electrons. The summed E-state index contributed by atoms with van der Waals surface area (Å²) in [6.07, 6.45) is 1.01. The average Bonchev–Trinajstić information content (AvgIpc) is 1.65. The van der Waals surface area contributed by atoms with Crippen LogP contribution in [0.3, 0.4) is 0 Å². The van der Waals surface area contributed by atoms with Crippen LogP contribution in [0.2, 0.25) is 0 Å². The monoisotopic (exact) mass is 103 g/mol. The molecular weight excluding hydrogens is 93.0 g/mol. The van der Waals surface area contributed by atoms with Crippen molar-refractivity contribution >= 4 is 13.6 Å². The predicted octanol–water partition coefficient (Wildman–Crippen LogP) is 1.06. The molecule has 0 aliphatic heterocycles. The molecule has 0 aromatic heterocycles. The molecule has 0 bridgehead atoms. The van der Waals surface area contributed by atoms with Gasteiger partial charge in [-0.15, -0.1) is 0 Å². The van der Waals surface area contributed by atoms with E-state index in [0.717, 1.165) is 11.8 Å². The van der Waals surface area contributed by atoms with Crippen molar-refractivity contribution in [2.24, 2.45) is 5.73 Å². The van der Waals surface area contributed by atoms with Gasteiger partial charge in [-0.1, -0.05) is 15.1 Å². The van der Waals surface area contributed by atoms with Crippen molar-refractivity contribution < 1.29 is 0 Å². The Morgan fingerprint density at radius 1 is 1.83 bits per heavy atom. The minimum Gasteiger partial charge on any atom is -0.303 e. The van der Waals surface area contributed by atoms with Crippen molar-refractivity contribution in [1.29, 1.82) is 0 Å². The quantitative estimate of drug-likeness (QED) is 0.493. The van der Waals surface area contributed by atoms with Crippen molar-refractivity contribution in [2.75, 3.05) is 6.66 Å². The van der Waals surface area contributed by atoms with Crippen LogP contribution in [0, 0.1) is 0 Å². The van der Waals surface area contributed by atoms with Crippen molar-refractivity contribution in [3.05, 3.63) is 0 Å². The van der Waals surface area contributed by atoms with Crippen LogP contribution in [0.5, 0.6) is 0 Å². The number of hydrogen-bond acceptors (Lipinski definition) is 0. The zero-order chi connectivity index (χ0) is 4.99. The highest BCUT2D eigenvalue weighted by Gasteiger charge is 1.74. The Kier molecular flexibility index (Phi) is 3.40. The summed E-state index contributed by atoms with van der Waals surface area (Å²) in [5, 5.41) is 0. The molecule has 1 nitrogen and oxygen atoms in total. The molecule has 0 aromatic rings. The van der Waals surface area contributed by atoms with Gasteiger partial charge in [0.05, 0.1) is 0 Å². The van der Waals surface area contributed by atoms with Crippen molar-refractivity contribution in [1.82, 2.24) is 0 Å². The summed E-state index contributed by atoms with van der Waals surface area (Å²) in [5.41, 5.74) is 6.44. The number of rotatable bonds is 1. The van der Waals surface area contributed by atoms with Crippen LogP contribution in [0.25, 0.3) is 0 Å². The molecular formula is C4H10NP. The Bertz CT molecular complexity index is 58.6. The zero-order valence-electron chi connectivity index (χ0n) is 4.23. The number of hydrogen-bond donors (Lipinski definition) is 1. The largest absolute Gasteiger partial charge is 0.303 e. The molecule has 2 N–H and O–H groups in total. The standard InChI is InChI=1S/C4H10NP/c1-3-4(5)6-2/h3,5H2,1-2H3. The Balaban J connectivity index is 3.22. The van der Waals surface area contributed by atoms with E-state index < -0.39 is 0 Å². The lowest BCUT2D eigenvalue weighted by Gasteiger charge is -1.84. The molecule has 0 atom stereocenters. The van der Waals surface area contributed by atoms with Gasteiger partial charge < -0.3 is 5.73 Å². The Morgan fingerprint density at radius 3 is 2.33 bits per heavy atom. The van der Waals surface area contributed by atoms with E-state index in [4.69, 9.17) is 5.73 Å². The van der Waals surface area contributed by atoms with Crippen LogP contribution in [-0.4, -0.2) is 12.1 Å². The molecule has 6 heavy (non-hydrogen) atoms. The summed E-state index contributed by atoms with van der Waals surface area (Å²) >= 11 is 0. The topological polar surface area (TPSA) is 26.0 Å². The van der Waals surface area contributed by atoms with Gasteiger partial charge in [-0.2, -0.15) is 0 Å². The third kappa shape index (κ3) is 2.37. The molecule has 0 aliphatic rings. The highest BCUT2D eigenvalue weighted by molar-refractivity contribution is 7.39. The molecule has 0 spiro atoms. The predicted molar refractivity (Wildman–Crippen MR) is 32.3 cm³/mol. The van der Waals surface area contributed by atoms with Crippen molar-refractivity contribution in [3.63, 3.8) is 0 Å². The fourth-order valence-corrected chi connectivity index (χ4v) is 0.474. The van der Waals surface area contributed by atoms with Crippen LogP contribution in [0.15, 0.2) is 0 Å². The summed E-state index contributed by atoms with van der Waals surface area (Å²) in [6.45, 7) is 4.10. The molecule has 0 rings (SSSR count). The van der Waals surface area contributed by atoms with E-state index in [1.165, 1.54) is 8.20 Å². The van der Waals surface area contributed by atoms with Gasteiger partial charge in [0.15, 0.2) is 0 Å². The molecule has 0 fully saturated rings. The Labute approximate surface area is 40.3 Å². The maximum absolute atomic E-state index is 5.38. The maximum Gasteiger partial charge on any atom is 0.0116 e. The maximum atomic E-state index is 5.38. The lowest BCUT2D eigenvalue weighted by Crippen LogP contribution is -2.04. The fraction of sp³-hybridized carbons (Fsp3) is 0.750. The van der Waals surface area contributed by atoms with Crippen molar-refractivity contribution in [2.45, 2.75) is 13.3 Å². The smallest absolute Gasteiger partial charge is 0.0116 e. The normalized spacial score (nSPS) is 12.2. The van der Waals surface area contributed by atoms with Crippen molar-refractivity contribution in [3.8, 4) is 0 Å². The van der Waals surface area contributed by atoms with Gasteiger partial charge in [-0.05, 0) is 13.1 Å². The van der Waals surface area contributed by atoms with Gasteiger partial charge in [-0.3, -0.25) is 0 Å². The van der Waals surface area contributed by atoms with Crippen LogP contribution in [-0.2, 0) is 0 Å². The van der Waals surface area contributed by atoms with Crippen LogP contribution >= 0.6 is 8.20 Å². The highest BCUT2D eigenvalue weighted by Crippen LogP contribution is 1.88. The first-order valence-corrected chi connectivity index (χ1v) is 3.36. The third-order valence-corrected chi connectivity index (χ3v) is 1.54. The first-order valence-electron chi connectivity index (χ1n) is 2.02. The fourth-order valence-electron chi connectivity index (χ4n) is 0.158. The van der Waals surface area contributed by atoms with Gasteiger partial charge in [0.25, 0.3) is 0 Å². The van der Waals surface area contributed by atoms with Crippen LogP contribution in [0.4, 0.5) is 0 Å². The summed E-state index contributed by atoms with van der Waals surface area (Å²) in [4.78, 5) is 0. The third-order valence-electron chi connectivity index (χ3n) is 0.649. The second kappa shape index (κ2) is 3.32. The van der Waals surface area contributed by atoms with E-state index in [-0.39, 0.29) is 0 Å². The molecule has 0 heterocycles. The molecule has 0 radical (unpaired) electrons. The second-order valence-electron chi connectivity index (χ2n) is 1.07. The Morgan fingerprint density at radius 2 is 2.33 bits per heavy atom. The first kappa shape index (κ1) is 6.13. The van der Waals surface area contributed by atoms with E-state index in [1.54, 1.807) is 0 Å². The number of nitrogens with two attached hydrogens (primary N) is 1. The molecule has 0 saturated heterocycles. The summed E-state index contributed by atoms with van der Waals surface area (Å²) in [7, 11) is 1.22. The van der Waals surface area contributed by atoms with Crippen LogP contribution in [0.1, 0.15) is 13.3 Å². The average molecular weight is 103 g/mol. The van der Waals surface area contributed by atoms with E-state index in [2.05, 4.69) is 6.92 Å². The van der Waals surface area contributed by atoms with E-state index >= 15 is 0 Å². The highest BCUT2D eigenvalue weighted by atomic mass is 31.1. The summed E-state index contributed by atoms with van der Waals surface area (Å²) in [5.74, 6) is 0. The molecule has 0 amide bonds. The molecule has 0 saturated carbocycles. The first-order chi connectivity index (χ1) is 2.81. The summed E-state index contributed by atoms with van der Waals surface area (Å²) in [6, 6.07) is 0. The van der Waals surface area contributed by atoms with Gasteiger partial charge in [-0.25, -0.2) is 0 Å². The molecule has 0 unspecified atom stereocenters. The Hall–Kier alpha value is 0.130. The van der Waals surface area contributed by atoms with Gasteiger partial charge in [0, 0.05) is 5.42 Å². The van der Waals surface area contributed by atoms with E-state index in [0.29, 0.717) is 0 Å². The lowest BCUT2D eigenvalue weighted by atomic mass is 10.5. The lowest BCUT2D eigenvalue weighted by molar-refractivity contribution is 1.29. The van der Waals surface area contributed by atoms with E-state index in [1.807, 2.05) is 6.66 Å². The van der Waals surface area contributed by atoms with Gasteiger partial charge in [0.1, 0.15) is 0 Å². The second-order valence-corrected chi connectivity index (χ2v) is 2.09. The molecule has 0 aliphatic carbocycles.